The Bertz CT molecular complexity index is 1030. The van der Waals surface area contributed by atoms with Crippen molar-refractivity contribution in [1.29, 1.82) is 0 Å². The highest BCUT2D eigenvalue weighted by molar-refractivity contribution is 6.30. The van der Waals surface area contributed by atoms with Crippen molar-refractivity contribution in [3.05, 3.63) is 72.0 Å². The summed E-state index contributed by atoms with van der Waals surface area (Å²) in [6.07, 6.45) is 3.25. The number of rotatable bonds is 6. The van der Waals surface area contributed by atoms with Gasteiger partial charge in [0.2, 0.25) is 5.95 Å². The van der Waals surface area contributed by atoms with Crippen molar-refractivity contribution in [1.82, 2.24) is 9.97 Å². The Balaban J connectivity index is 1.32. The van der Waals surface area contributed by atoms with Gasteiger partial charge in [0, 0.05) is 36.9 Å². The highest BCUT2D eigenvalue weighted by atomic mass is 35.5. The lowest BCUT2D eigenvalue weighted by atomic mass is 10.1. The Morgan fingerprint density at radius 3 is 2.16 bits per heavy atom. The lowest BCUT2D eigenvalue weighted by Crippen LogP contribution is -2.47. The molecule has 8 heteroatoms. The van der Waals surface area contributed by atoms with Crippen LogP contribution in [0.5, 0.6) is 5.75 Å². The maximum absolute atomic E-state index is 12.7. The summed E-state index contributed by atoms with van der Waals surface area (Å²) in [7, 11) is 0. The summed E-state index contributed by atoms with van der Waals surface area (Å²) < 4.78 is 5.83. The van der Waals surface area contributed by atoms with Crippen molar-refractivity contribution < 1.29 is 9.53 Å². The number of amides is 1. The van der Waals surface area contributed by atoms with Gasteiger partial charge in [-0.25, -0.2) is 9.97 Å². The molecule has 1 fully saturated rings. The molecule has 1 aliphatic rings. The fourth-order valence-electron chi connectivity index (χ4n) is 3.48. The van der Waals surface area contributed by atoms with E-state index >= 15 is 0 Å². The maximum atomic E-state index is 12.7. The summed E-state index contributed by atoms with van der Waals surface area (Å²) in [5, 5.41) is 3.44. The minimum atomic E-state index is -1.08. The Labute approximate surface area is 193 Å². The number of carbonyl (C=O) groups excluding carboxylic acids is 1. The van der Waals surface area contributed by atoms with E-state index in [9.17, 15) is 4.79 Å². The van der Waals surface area contributed by atoms with Crippen LogP contribution in [0.25, 0.3) is 0 Å². The molecule has 2 heterocycles. The zero-order valence-corrected chi connectivity index (χ0v) is 18.9. The van der Waals surface area contributed by atoms with E-state index in [2.05, 4.69) is 49.4 Å². The third kappa shape index (κ3) is 5.29. The zero-order valence-electron chi connectivity index (χ0n) is 18.2. The molecule has 166 valence electrons. The minimum Gasteiger partial charge on any atom is -0.478 e. The van der Waals surface area contributed by atoms with E-state index in [4.69, 9.17) is 16.3 Å². The molecule has 7 nitrogen and oxygen atoms in total. The summed E-state index contributed by atoms with van der Waals surface area (Å²) >= 11 is 5.90. The van der Waals surface area contributed by atoms with Crippen LogP contribution in [0.4, 0.5) is 17.3 Å². The van der Waals surface area contributed by atoms with Crippen LogP contribution in [0.2, 0.25) is 5.02 Å². The van der Waals surface area contributed by atoms with Gasteiger partial charge in [0.05, 0.1) is 18.1 Å². The average molecular weight is 452 g/mol. The first-order valence-corrected chi connectivity index (χ1v) is 10.9. The number of ether oxygens (including phenoxy) is 1. The molecule has 0 atom stereocenters. The van der Waals surface area contributed by atoms with Crippen LogP contribution in [-0.4, -0.2) is 47.7 Å². The molecule has 1 aromatic heterocycles. The highest BCUT2D eigenvalue weighted by Gasteiger charge is 2.30. The number of halogens is 1. The van der Waals surface area contributed by atoms with Crippen LogP contribution in [0.3, 0.4) is 0 Å². The van der Waals surface area contributed by atoms with Gasteiger partial charge in [0.1, 0.15) is 5.75 Å². The number of piperazine rings is 1. The molecule has 0 unspecified atom stereocenters. The van der Waals surface area contributed by atoms with E-state index in [-0.39, 0.29) is 5.91 Å². The van der Waals surface area contributed by atoms with Crippen LogP contribution in [-0.2, 0) is 4.79 Å². The summed E-state index contributed by atoms with van der Waals surface area (Å²) in [5.74, 6) is 0.934. The summed E-state index contributed by atoms with van der Waals surface area (Å²) in [6, 6.07) is 17.3. The van der Waals surface area contributed by atoms with Crippen LogP contribution in [0.15, 0.2) is 67.0 Å². The molecule has 1 amide bonds. The predicted molar refractivity (Wildman–Crippen MR) is 128 cm³/mol. The van der Waals surface area contributed by atoms with Gasteiger partial charge in [0.25, 0.3) is 5.91 Å². The van der Waals surface area contributed by atoms with Crippen LogP contribution >= 0.6 is 11.6 Å². The van der Waals surface area contributed by atoms with Gasteiger partial charge in [-0.05, 0) is 50.2 Å². The van der Waals surface area contributed by atoms with Crippen molar-refractivity contribution in [2.75, 3.05) is 41.3 Å². The Kier molecular flexibility index (Phi) is 6.46. The smallest absolute Gasteiger partial charge is 0.268 e. The summed E-state index contributed by atoms with van der Waals surface area (Å²) in [6.45, 7) is 6.89. The van der Waals surface area contributed by atoms with Crippen molar-refractivity contribution in [2.24, 2.45) is 0 Å². The minimum absolute atomic E-state index is 0.291. The number of anilines is 3. The molecule has 0 spiro atoms. The van der Waals surface area contributed by atoms with Crippen molar-refractivity contribution in [3.63, 3.8) is 0 Å². The number of nitrogens with one attached hydrogen (secondary N) is 1. The molecule has 1 aliphatic heterocycles. The topological polar surface area (TPSA) is 70.6 Å². The molecule has 0 saturated carbocycles. The molecule has 3 aromatic rings. The Morgan fingerprint density at radius 1 is 0.938 bits per heavy atom. The molecule has 0 aliphatic carbocycles. The normalized spacial score (nSPS) is 14.2. The van der Waals surface area contributed by atoms with E-state index in [1.165, 1.54) is 5.69 Å². The fourth-order valence-corrected chi connectivity index (χ4v) is 3.60. The van der Waals surface area contributed by atoms with Gasteiger partial charge in [0.15, 0.2) is 5.60 Å². The number of carbonyl (C=O) groups is 1. The standard InChI is InChI=1S/C24H26ClN5O2/c1-24(2,32-21-10-8-18(25)9-11-21)22(31)28-19-16-26-23(27-17-19)30-14-12-29(13-15-30)20-6-4-3-5-7-20/h3-11,16-17H,12-15H2,1-2H3,(H,28,31). The van der Waals surface area contributed by atoms with E-state index in [0.717, 1.165) is 26.2 Å². The molecule has 1 N–H and O–H groups in total. The second kappa shape index (κ2) is 9.44. The van der Waals surface area contributed by atoms with Gasteiger partial charge in [-0.15, -0.1) is 0 Å². The summed E-state index contributed by atoms with van der Waals surface area (Å²) in [5.41, 5.74) is 0.671. The van der Waals surface area contributed by atoms with Gasteiger partial charge in [-0.3, -0.25) is 4.79 Å². The molecule has 4 rings (SSSR count). The van der Waals surface area contributed by atoms with Crippen LogP contribution < -0.4 is 19.9 Å². The number of nitrogens with zero attached hydrogens (tertiary/aromatic N) is 4. The summed E-state index contributed by atoms with van der Waals surface area (Å²) in [4.78, 5) is 26.1. The number of hydrogen-bond acceptors (Lipinski definition) is 6. The number of hydrogen-bond donors (Lipinski definition) is 1. The van der Waals surface area contributed by atoms with Crippen molar-refractivity contribution >= 4 is 34.8 Å². The van der Waals surface area contributed by atoms with Crippen molar-refractivity contribution in [3.8, 4) is 5.75 Å². The number of para-hydroxylation sites is 1. The predicted octanol–water partition coefficient (Wildman–Crippen LogP) is 4.25. The largest absolute Gasteiger partial charge is 0.478 e. The van der Waals surface area contributed by atoms with Crippen molar-refractivity contribution in [2.45, 2.75) is 19.4 Å². The first kappa shape index (κ1) is 21.9. The van der Waals surface area contributed by atoms with Gasteiger partial charge in [-0.1, -0.05) is 29.8 Å². The first-order chi connectivity index (χ1) is 15.4. The van der Waals surface area contributed by atoms with Crippen LogP contribution in [0.1, 0.15) is 13.8 Å². The van der Waals surface area contributed by atoms with E-state index < -0.39 is 5.60 Å². The molecule has 0 radical (unpaired) electrons. The lowest BCUT2D eigenvalue weighted by molar-refractivity contribution is -0.128. The molecule has 1 saturated heterocycles. The molecular weight excluding hydrogens is 426 g/mol. The quantitative estimate of drug-likeness (QED) is 0.604. The highest BCUT2D eigenvalue weighted by Crippen LogP contribution is 2.23. The average Bonchev–Trinajstić information content (AvgIpc) is 2.82. The second-order valence-corrected chi connectivity index (χ2v) is 8.54. The molecular formula is C24H26ClN5O2. The monoisotopic (exact) mass is 451 g/mol. The lowest BCUT2D eigenvalue weighted by Gasteiger charge is -2.36. The second-order valence-electron chi connectivity index (χ2n) is 8.10. The SMILES string of the molecule is CC(C)(Oc1ccc(Cl)cc1)C(=O)Nc1cnc(N2CCN(c3ccccc3)CC2)nc1. The van der Waals surface area contributed by atoms with Gasteiger partial charge < -0.3 is 19.9 Å². The van der Waals surface area contributed by atoms with E-state index in [0.29, 0.717) is 22.4 Å². The number of benzene rings is 2. The molecule has 0 bridgehead atoms. The third-order valence-electron chi connectivity index (χ3n) is 5.31. The van der Waals surface area contributed by atoms with E-state index in [1.807, 2.05) is 6.07 Å². The third-order valence-corrected chi connectivity index (χ3v) is 5.57. The Hall–Kier alpha value is -3.32. The van der Waals surface area contributed by atoms with E-state index in [1.54, 1.807) is 50.5 Å². The molecule has 2 aromatic carbocycles. The van der Waals surface area contributed by atoms with Gasteiger partial charge >= 0.3 is 0 Å². The first-order valence-electron chi connectivity index (χ1n) is 10.5. The maximum Gasteiger partial charge on any atom is 0.268 e. The number of aromatic nitrogens is 2. The van der Waals surface area contributed by atoms with Gasteiger partial charge in [-0.2, -0.15) is 0 Å². The molecule has 32 heavy (non-hydrogen) atoms. The Morgan fingerprint density at radius 2 is 1.53 bits per heavy atom. The van der Waals surface area contributed by atoms with Crippen LogP contribution in [0, 0.1) is 0 Å². The zero-order chi connectivity index (χ0) is 22.6. The fraction of sp³-hybridized carbons (Fsp3) is 0.292.